The van der Waals surface area contributed by atoms with Gasteiger partial charge in [0.25, 0.3) is 20.5 Å². The molecule has 3 radical (unpaired) electrons. The second-order valence-corrected chi connectivity index (χ2v) is 29.4. The van der Waals surface area contributed by atoms with Crippen molar-refractivity contribution in [2.24, 2.45) is 14.3 Å². The number of nitrogens with zero attached hydrogens (tertiary/aromatic N) is 4. The third-order valence-corrected chi connectivity index (χ3v) is 12.9. The highest BCUT2D eigenvalue weighted by Crippen LogP contribution is 2.23. The van der Waals surface area contributed by atoms with Crippen LogP contribution in [0, 0.1) is 0 Å². The number of aliphatic imine (C=N–C) groups is 2. The van der Waals surface area contributed by atoms with Gasteiger partial charge in [-0.15, -0.1) is 0 Å². The molecule has 4 aliphatic heterocycles. The first-order valence-corrected chi connectivity index (χ1v) is 28.7. The van der Waals surface area contributed by atoms with Crippen LogP contribution in [0.15, 0.2) is 14.3 Å². The maximum absolute atomic E-state index is 11.8. The second-order valence-electron chi connectivity index (χ2n) is 16.3. The molecule has 0 saturated carbocycles. The van der Waals surface area contributed by atoms with Crippen LogP contribution in [0.1, 0.15) is 62.3 Å². The number of hydrogen-bond acceptors (Lipinski definition) is 10. The normalized spacial score (nSPS) is 20.3. The van der Waals surface area contributed by atoms with Crippen LogP contribution in [0.4, 0.5) is 14.4 Å². The average Bonchev–Trinajstić information content (AvgIpc) is 3.54. The van der Waals surface area contributed by atoms with Crippen LogP contribution < -0.4 is 26.6 Å². The molecule has 0 aromatic carbocycles. The Balaban J connectivity index is 0.000000657. The molecule has 53 heavy (non-hydrogen) atoms. The number of amidine groups is 1. The molecule has 0 aromatic heterocycles. The number of rotatable bonds is 6. The van der Waals surface area contributed by atoms with Crippen LogP contribution in [0.25, 0.3) is 0 Å². The molecule has 0 spiro atoms. The summed E-state index contributed by atoms with van der Waals surface area (Å²) in [6.07, 6.45) is 0. The fraction of sp³-hybridized carbons (Fsp3) is 0.742. The van der Waals surface area contributed by atoms with Crippen LogP contribution in [-0.2, 0) is 23.3 Å². The van der Waals surface area contributed by atoms with Gasteiger partial charge in [0.1, 0.15) is 37.3 Å². The first-order chi connectivity index (χ1) is 23.8. The standard InChI is InChI=1S/2C8H16N2O2Si.C8H14N2O2Si.C5H8N2O2.C2H6NSi2/c1-8(2)6(11)10(7(12)9-8)13(3,4)5;1-8(2)6(9-7(11)10-8)12-13(3,4)5;1-4-13(12)5-6-9-7(11)8(2,3)10-6;1-5(2)3(8)6-4(9)7-5;1-4-3-5-2/h1-5H3,(H,9,12);1-5H3,(H,10,11);4-5H2,1-3H3,(H,9,10,11);1-2H3,(H2,6,7,8,9);1-2H3. The molecule has 4 aliphatic rings. The van der Waals surface area contributed by atoms with E-state index in [-0.39, 0.29) is 29.8 Å². The van der Waals surface area contributed by atoms with Gasteiger partial charge in [0, 0.05) is 6.04 Å². The number of imide groups is 2. The third kappa shape index (κ3) is 16.7. The van der Waals surface area contributed by atoms with Crippen molar-refractivity contribution in [2.75, 3.05) is 0 Å². The maximum Gasteiger partial charge on any atom is 0.344 e. The molecular formula is C31H60N9O8Si5. The van der Waals surface area contributed by atoms with Crippen molar-refractivity contribution < 1.29 is 37.7 Å². The molecule has 0 unspecified atom stereocenters. The van der Waals surface area contributed by atoms with Crippen molar-refractivity contribution in [3.8, 4) is 0 Å². The summed E-state index contributed by atoms with van der Waals surface area (Å²) >= 11 is 0. The van der Waals surface area contributed by atoms with Crippen molar-refractivity contribution in [3.63, 3.8) is 0 Å². The molecule has 4 rings (SSSR count). The number of hydrogen-bond donors (Lipinski definition) is 5. The highest BCUT2D eigenvalue weighted by molar-refractivity contribution is 6.78. The summed E-state index contributed by atoms with van der Waals surface area (Å²) in [5, 5.41) is 12.6. The fourth-order valence-electron chi connectivity index (χ4n) is 4.22. The topological polar surface area (TPSA) is 229 Å². The average molecular weight is 827 g/mol. The molecule has 9 amide bonds. The van der Waals surface area contributed by atoms with Crippen LogP contribution >= 0.6 is 0 Å². The molecule has 22 heteroatoms. The van der Waals surface area contributed by atoms with Crippen LogP contribution in [0.5, 0.6) is 0 Å². The Morgan fingerprint density at radius 1 is 0.792 bits per heavy atom. The van der Waals surface area contributed by atoms with E-state index in [1.54, 1.807) is 41.5 Å². The van der Waals surface area contributed by atoms with E-state index in [2.05, 4.69) is 73.6 Å². The Hall–Kier alpha value is -3.36. The van der Waals surface area contributed by atoms with Gasteiger partial charge >= 0.3 is 18.1 Å². The number of amides is 9. The lowest BCUT2D eigenvalue weighted by Gasteiger charge is -2.27. The molecule has 17 nitrogen and oxygen atoms in total. The Morgan fingerprint density at radius 2 is 1.34 bits per heavy atom. The summed E-state index contributed by atoms with van der Waals surface area (Å²) in [5.74, 6) is 0.634. The van der Waals surface area contributed by atoms with E-state index in [4.69, 9.17) is 4.43 Å². The van der Waals surface area contributed by atoms with E-state index in [0.29, 0.717) is 23.8 Å². The van der Waals surface area contributed by atoms with E-state index in [0.717, 1.165) is 19.0 Å². The molecular weight excluding hydrogens is 767 g/mol. The van der Waals surface area contributed by atoms with E-state index < -0.39 is 53.4 Å². The van der Waals surface area contributed by atoms with Gasteiger partial charge in [0.2, 0.25) is 20.1 Å². The highest BCUT2D eigenvalue weighted by atomic mass is 28.4. The monoisotopic (exact) mass is 826 g/mol. The number of carbonyl (C=O) groups excluding carboxylic acids is 6. The van der Waals surface area contributed by atoms with E-state index in [1.807, 2.05) is 40.4 Å². The number of urea groups is 3. The predicted octanol–water partition coefficient (Wildman–Crippen LogP) is 3.82. The molecule has 0 bridgehead atoms. The Labute approximate surface area is 322 Å². The molecule has 0 aliphatic carbocycles. The first kappa shape index (κ1) is 49.6. The lowest BCUT2D eigenvalue weighted by molar-refractivity contribution is -0.127. The molecule has 4 heterocycles. The largest absolute Gasteiger partial charge is 0.533 e. The van der Waals surface area contributed by atoms with Crippen LogP contribution in [0.3, 0.4) is 0 Å². The van der Waals surface area contributed by atoms with Crippen molar-refractivity contribution in [1.29, 1.82) is 0 Å². The molecule has 2 fully saturated rings. The number of carbonyl (C=O) groups is 6. The maximum atomic E-state index is 11.8. The van der Waals surface area contributed by atoms with E-state index >= 15 is 0 Å². The lowest BCUT2D eigenvalue weighted by atomic mass is 10.1. The SMILES string of the molecule is CC1(C)NC(=O)N([Si](C)(C)C)C1=O.CC1(C)NC(=O)N=C1O[Si](C)(C)C.CC1(C)NC(=O)NC1=O.CC[Si](=O)CC1=NC(C)(C)C(=O)N1.C[Si]N=[Si]C. The van der Waals surface area contributed by atoms with Gasteiger partial charge in [-0.2, -0.15) is 4.99 Å². The predicted molar refractivity (Wildman–Crippen MR) is 215 cm³/mol. The van der Waals surface area contributed by atoms with Gasteiger partial charge in [-0.05, 0) is 87.6 Å². The highest BCUT2D eigenvalue weighted by Gasteiger charge is 2.49. The van der Waals surface area contributed by atoms with Crippen LogP contribution in [0.2, 0.25) is 64.5 Å². The summed E-state index contributed by atoms with van der Waals surface area (Å²) in [4.78, 5) is 74.6. The minimum absolute atomic E-state index is 0.100. The molecule has 2 saturated heterocycles. The number of nitrogens with one attached hydrogen (secondary N) is 5. The van der Waals surface area contributed by atoms with Crippen molar-refractivity contribution >= 4 is 91.8 Å². The zero-order valence-electron chi connectivity index (χ0n) is 34.5. The lowest BCUT2D eigenvalue weighted by Crippen LogP contribution is -2.51. The summed E-state index contributed by atoms with van der Waals surface area (Å²) < 4.78 is 22.4. The summed E-state index contributed by atoms with van der Waals surface area (Å²) in [5.41, 5.74) is -2.57. The second kappa shape index (κ2) is 19.3. The van der Waals surface area contributed by atoms with Gasteiger partial charge in [-0.3, -0.25) is 29.3 Å². The summed E-state index contributed by atoms with van der Waals surface area (Å²) in [6.45, 7) is 32.2. The molecule has 5 N–H and O–H groups in total. The molecule has 297 valence electrons. The summed E-state index contributed by atoms with van der Waals surface area (Å²) in [7, 11) is -3.52. The quantitative estimate of drug-likeness (QED) is 0.195. The van der Waals surface area contributed by atoms with E-state index in [9.17, 15) is 33.2 Å². The van der Waals surface area contributed by atoms with Gasteiger partial charge in [0.15, 0.2) is 17.9 Å². The third-order valence-electron chi connectivity index (χ3n) is 7.02. The summed E-state index contributed by atoms with van der Waals surface area (Å²) in [6, 6.07) is 0.133. The first-order valence-electron chi connectivity index (χ1n) is 17.1. The smallest absolute Gasteiger partial charge is 0.344 e. The van der Waals surface area contributed by atoms with Crippen molar-refractivity contribution in [1.82, 2.24) is 31.1 Å². The molecule has 0 aromatic rings. The van der Waals surface area contributed by atoms with Crippen LogP contribution in [-0.4, -0.2) is 118 Å². The van der Waals surface area contributed by atoms with E-state index in [1.165, 1.54) is 4.57 Å². The van der Waals surface area contributed by atoms with Gasteiger partial charge in [-0.25, -0.2) is 14.4 Å². The molecule has 0 atom stereocenters. The zero-order chi connectivity index (χ0) is 42.0. The minimum Gasteiger partial charge on any atom is -0.533 e. The Morgan fingerprint density at radius 3 is 1.57 bits per heavy atom. The Bertz CT molecular complexity index is 1510. The van der Waals surface area contributed by atoms with Gasteiger partial charge in [-0.1, -0.05) is 33.1 Å². The minimum atomic E-state index is -1.87. The Kier molecular flexibility index (Phi) is 18.1. The van der Waals surface area contributed by atoms with Gasteiger partial charge < -0.3 is 34.5 Å². The zero-order valence-corrected chi connectivity index (χ0v) is 39.5. The van der Waals surface area contributed by atoms with Crippen molar-refractivity contribution in [3.05, 3.63) is 0 Å². The van der Waals surface area contributed by atoms with Crippen molar-refractivity contribution in [2.45, 2.75) is 149 Å². The fourth-order valence-corrected chi connectivity index (χ4v) is 8.34. The van der Waals surface area contributed by atoms with Gasteiger partial charge in [0.05, 0.1) is 0 Å².